The van der Waals surface area contributed by atoms with Gasteiger partial charge < -0.3 is 4.98 Å². The Hall–Kier alpha value is -1.59. The van der Waals surface area contributed by atoms with Gasteiger partial charge in [-0.05, 0) is 12.3 Å². The molecule has 3 aromatic rings. The van der Waals surface area contributed by atoms with Crippen molar-refractivity contribution in [2.45, 2.75) is 5.16 Å². The van der Waals surface area contributed by atoms with Crippen LogP contribution in [0.2, 0.25) is 0 Å². The average molecular weight is 274 g/mol. The topological polar surface area (TPSA) is 45.8 Å². The SMILES string of the molecule is CSc1nc(-c2csc3ccccc23)cc(=O)[nH]1. The van der Waals surface area contributed by atoms with Crippen LogP contribution in [0.5, 0.6) is 0 Å². The van der Waals surface area contributed by atoms with Crippen molar-refractivity contribution in [3.63, 3.8) is 0 Å². The molecule has 0 radical (unpaired) electrons. The summed E-state index contributed by atoms with van der Waals surface area (Å²) in [5.74, 6) is 0. The maximum atomic E-state index is 11.6. The molecule has 0 aliphatic heterocycles. The van der Waals surface area contributed by atoms with Gasteiger partial charge in [0.15, 0.2) is 5.16 Å². The fourth-order valence-electron chi connectivity index (χ4n) is 1.85. The number of hydrogen-bond acceptors (Lipinski definition) is 4. The monoisotopic (exact) mass is 274 g/mol. The molecule has 5 heteroatoms. The number of nitrogens with zero attached hydrogens (tertiary/aromatic N) is 1. The quantitative estimate of drug-likeness (QED) is 0.575. The van der Waals surface area contributed by atoms with Gasteiger partial charge in [0.05, 0.1) is 5.69 Å². The molecule has 0 fully saturated rings. The molecule has 0 atom stereocenters. The molecule has 0 unspecified atom stereocenters. The Kier molecular flexibility index (Phi) is 2.93. The third-order valence-electron chi connectivity index (χ3n) is 2.67. The normalized spacial score (nSPS) is 10.9. The van der Waals surface area contributed by atoms with Crippen molar-refractivity contribution < 1.29 is 0 Å². The second-order valence-corrected chi connectivity index (χ2v) is 5.49. The number of rotatable bonds is 2. The lowest BCUT2D eigenvalue weighted by atomic mass is 10.1. The lowest BCUT2D eigenvalue weighted by Crippen LogP contribution is -2.07. The molecule has 0 aliphatic carbocycles. The Balaban J connectivity index is 2.26. The minimum atomic E-state index is -0.111. The van der Waals surface area contributed by atoms with Crippen LogP contribution in [0.15, 0.2) is 45.7 Å². The minimum absolute atomic E-state index is 0.111. The molecule has 3 rings (SSSR count). The molecule has 1 N–H and O–H groups in total. The summed E-state index contributed by atoms with van der Waals surface area (Å²) in [6.45, 7) is 0. The summed E-state index contributed by atoms with van der Waals surface area (Å²) in [5.41, 5.74) is 1.65. The van der Waals surface area contributed by atoms with Crippen LogP contribution in [0.25, 0.3) is 21.3 Å². The maximum absolute atomic E-state index is 11.6. The van der Waals surface area contributed by atoms with Gasteiger partial charge in [0.25, 0.3) is 5.56 Å². The van der Waals surface area contributed by atoms with Crippen molar-refractivity contribution in [2.24, 2.45) is 0 Å². The fourth-order valence-corrected chi connectivity index (χ4v) is 3.19. The first-order valence-electron chi connectivity index (χ1n) is 5.40. The molecule has 0 saturated carbocycles. The van der Waals surface area contributed by atoms with Crippen LogP contribution in [-0.2, 0) is 0 Å². The standard InChI is InChI=1S/C13H10N2OS2/c1-17-13-14-10(6-12(16)15-13)9-7-18-11-5-3-2-4-8(9)11/h2-7H,1H3,(H,14,15,16). The molecule has 1 aromatic carbocycles. The molecule has 3 nitrogen and oxygen atoms in total. The summed E-state index contributed by atoms with van der Waals surface area (Å²) in [7, 11) is 0. The number of thioether (sulfide) groups is 1. The van der Waals surface area contributed by atoms with Crippen LogP contribution in [-0.4, -0.2) is 16.2 Å². The van der Waals surface area contributed by atoms with Gasteiger partial charge in [-0.25, -0.2) is 4.98 Å². The summed E-state index contributed by atoms with van der Waals surface area (Å²) in [5, 5.41) is 3.84. The Morgan fingerprint density at radius 3 is 3.00 bits per heavy atom. The van der Waals surface area contributed by atoms with Crippen LogP contribution in [0.4, 0.5) is 0 Å². The summed E-state index contributed by atoms with van der Waals surface area (Å²) in [6, 6.07) is 9.70. The van der Waals surface area contributed by atoms with Gasteiger partial charge >= 0.3 is 0 Å². The van der Waals surface area contributed by atoms with E-state index in [1.807, 2.05) is 18.4 Å². The molecule has 2 heterocycles. The molecule has 18 heavy (non-hydrogen) atoms. The van der Waals surface area contributed by atoms with Crippen molar-refractivity contribution in [3.8, 4) is 11.3 Å². The molecule has 0 bridgehead atoms. The summed E-state index contributed by atoms with van der Waals surface area (Å²) in [4.78, 5) is 18.8. The molecule has 0 amide bonds. The molecular weight excluding hydrogens is 264 g/mol. The first kappa shape index (κ1) is 11.5. The van der Waals surface area contributed by atoms with Gasteiger partial charge in [0.1, 0.15) is 0 Å². The zero-order chi connectivity index (χ0) is 12.5. The lowest BCUT2D eigenvalue weighted by molar-refractivity contribution is 0.946. The van der Waals surface area contributed by atoms with Crippen molar-refractivity contribution in [2.75, 3.05) is 6.26 Å². The number of fused-ring (bicyclic) bond motifs is 1. The second-order valence-electron chi connectivity index (χ2n) is 3.79. The van der Waals surface area contributed by atoms with Crippen LogP contribution in [0.3, 0.4) is 0 Å². The van der Waals surface area contributed by atoms with Crippen LogP contribution in [0, 0.1) is 0 Å². The summed E-state index contributed by atoms with van der Waals surface area (Å²) >= 11 is 3.11. The first-order chi connectivity index (χ1) is 8.78. The molecule has 0 aliphatic rings. The third-order valence-corrected chi connectivity index (χ3v) is 4.21. The highest BCUT2D eigenvalue weighted by molar-refractivity contribution is 7.98. The van der Waals surface area contributed by atoms with Gasteiger partial charge in [0.2, 0.25) is 0 Å². The lowest BCUT2D eigenvalue weighted by Gasteiger charge is -2.01. The largest absolute Gasteiger partial charge is 0.301 e. The van der Waals surface area contributed by atoms with E-state index in [-0.39, 0.29) is 5.56 Å². The first-order valence-corrected chi connectivity index (χ1v) is 7.50. The Labute approximate surface area is 112 Å². The van der Waals surface area contributed by atoms with Gasteiger partial charge in [-0.2, -0.15) is 0 Å². The molecule has 0 spiro atoms. The molecular formula is C13H10N2OS2. The van der Waals surface area contributed by atoms with E-state index in [1.165, 1.54) is 16.5 Å². The highest BCUT2D eigenvalue weighted by Crippen LogP contribution is 2.32. The summed E-state index contributed by atoms with van der Waals surface area (Å²) < 4.78 is 1.21. The van der Waals surface area contributed by atoms with E-state index in [2.05, 4.69) is 27.5 Å². The van der Waals surface area contributed by atoms with E-state index in [1.54, 1.807) is 17.4 Å². The van der Waals surface area contributed by atoms with Gasteiger partial charge in [-0.3, -0.25) is 4.79 Å². The number of nitrogens with one attached hydrogen (secondary N) is 1. The maximum Gasteiger partial charge on any atom is 0.252 e. The highest BCUT2D eigenvalue weighted by Gasteiger charge is 2.09. The predicted molar refractivity (Wildman–Crippen MR) is 77.5 cm³/mol. The minimum Gasteiger partial charge on any atom is -0.301 e. The summed E-state index contributed by atoms with van der Waals surface area (Å²) in [6.07, 6.45) is 1.90. The number of thiophene rings is 1. The highest BCUT2D eigenvalue weighted by atomic mass is 32.2. The van der Waals surface area contributed by atoms with E-state index in [0.29, 0.717) is 5.16 Å². The van der Waals surface area contributed by atoms with E-state index in [0.717, 1.165) is 16.6 Å². The number of benzene rings is 1. The van der Waals surface area contributed by atoms with Crippen molar-refractivity contribution in [3.05, 3.63) is 46.1 Å². The second kappa shape index (κ2) is 4.59. The Morgan fingerprint density at radius 1 is 1.33 bits per heavy atom. The number of hydrogen-bond donors (Lipinski definition) is 1. The fraction of sp³-hybridized carbons (Fsp3) is 0.0769. The van der Waals surface area contributed by atoms with Gasteiger partial charge in [0, 0.05) is 27.1 Å². The van der Waals surface area contributed by atoms with Gasteiger partial charge in [-0.1, -0.05) is 30.0 Å². The van der Waals surface area contributed by atoms with Crippen molar-refractivity contribution in [1.82, 2.24) is 9.97 Å². The zero-order valence-electron chi connectivity index (χ0n) is 9.64. The van der Waals surface area contributed by atoms with Crippen LogP contribution in [0.1, 0.15) is 0 Å². The molecule has 0 saturated heterocycles. The van der Waals surface area contributed by atoms with Crippen molar-refractivity contribution >= 4 is 33.2 Å². The van der Waals surface area contributed by atoms with Crippen LogP contribution >= 0.6 is 23.1 Å². The Bertz CT molecular complexity index is 761. The molecule has 2 aromatic heterocycles. The third kappa shape index (κ3) is 1.95. The van der Waals surface area contributed by atoms with E-state index in [4.69, 9.17) is 0 Å². The Morgan fingerprint density at radius 2 is 2.17 bits per heavy atom. The van der Waals surface area contributed by atoms with E-state index >= 15 is 0 Å². The van der Waals surface area contributed by atoms with Crippen LogP contribution < -0.4 is 5.56 Å². The van der Waals surface area contributed by atoms with E-state index < -0.39 is 0 Å². The number of H-pyrrole nitrogens is 1. The predicted octanol–water partition coefficient (Wildman–Crippen LogP) is 3.37. The van der Waals surface area contributed by atoms with E-state index in [9.17, 15) is 4.79 Å². The molecule has 90 valence electrons. The van der Waals surface area contributed by atoms with Gasteiger partial charge in [-0.15, -0.1) is 11.3 Å². The van der Waals surface area contributed by atoms with Crippen molar-refractivity contribution in [1.29, 1.82) is 0 Å². The zero-order valence-corrected chi connectivity index (χ0v) is 11.3. The number of aromatic nitrogens is 2. The average Bonchev–Trinajstić information content (AvgIpc) is 2.81. The number of aromatic amines is 1. The smallest absolute Gasteiger partial charge is 0.252 e.